The van der Waals surface area contributed by atoms with Crippen molar-refractivity contribution in [3.63, 3.8) is 0 Å². The molecule has 3 aromatic carbocycles. The largest absolute Gasteiger partial charge is 0.494 e. The second-order valence-electron chi connectivity index (χ2n) is 9.17. The highest BCUT2D eigenvalue weighted by molar-refractivity contribution is 7.80. The van der Waals surface area contributed by atoms with Crippen LogP contribution in [0.1, 0.15) is 49.4 Å². The number of nitrogens with one attached hydrogen (secondary N) is 2. The molecule has 0 radical (unpaired) electrons. The third-order valence-corrected chi connectivity index (χ3v) is 6.65. The number of carbonyl (C=O) groups excluding carboxylic acids is 3. The van der Waals surface area contributed by atoms with Gasteiger partial charge in [-0.25, -0.2) is 5.01 Å². The quantitative estimate of drug-likeness (QED) is 0.237. The summed E-state index contributed by atoms with van der Waals surface area (Å²) >= 11 is 5.59. The van der Waals surface area contributed by atoms with Crippen LogP contribution in [0.2, 0.25) is 0 Å². The standard InChI is InChI=1S/C30H32N4O4S/c1-2-3-4-11-20-38-25-18-16-23(17-19-25)31-27(35)21-26-29(37)33(24-14-9-6-10-15-24)30(39)34(26)32-28(36)22-12-7-5-8-13-22/h5-10,12-19,26H,2-4,11,20-21H2,1H3,(H,31,35)(H,32,36). The summed E-state index contributed by atoms with van der Waals surface area (Å²) < 4.78 is 5.76. The average molecular weight is 545 g/mol. The summed E-state index contributed by atoms with van der Waals surface area (Å²) in [5.74, 6) is -0.495. The van der Waals surface area contributed by atoms with E-state index < -0.39 is 23.8 Å². The van der Waals surface area contributed by atoms with Gasteiger partial charge in [0.1, 0.15) is 11.8 Å². The van der Waals surface area contributed by atoms with E-state index in [0.29, 0.717) is 23.5 Å². The van der Waals surface area contributed by atoms with E-state index in [0.717, 1.165) is 18.6 Å². The van der Waals surface area contributed by atoms with Crippen LogP contribution < -0.4 is 20.4 Å². The van der Waals surface area contributed by atoms with Gasteiger partial charge in [0.15, 0.2) is 0 Å². The first-order chi connectivity index (χ1) is 19.0. The molecule has 1 atom stereocenters. The molecule has 8 nitrogen and oxygen atoms in total. The van der Waals surface area contributed by atoms with Gasteiger partial charge in [-0.15, -0.1) is 0 Å². The van der Waals surface area contributed by atoms with Crippen molar-refractivity contribution in [2.24, 2.45) is 0 Å². The Balaban J connectivity index is 1.44. The Hall–Kier alpha value is -4.24. The second-order valence-corrected chi connectivity index (χ2v) is 9.54. The first-order valence-electron chi connectivity index (χ1n) is 13.1. The second kappa shape index (κ2) is 13.5. The van der Waals surface area contributed by atoms with Gasteiger partial charge in [0.25, 0.3) is 11.8 Å². The van der Waals surface area contributed by atoms with Crippen molar-refractivity contribution in [1.82, 2.24) is 10.4 Å². The van der Waals surface area contributed by atoms with Gasteiger partial charge in [0, 0.05) is 11.3 Å². The summed E-state index contributed by atoms with van der Waals surface area (Å²) in [5, 5.41) is 4.22. The lowest BCUT2D eigenvalue weighted by Gasteiger charge is -2.24. The van der Waals surface area contributed by atoms with Crippen LogP contribution in [0, 0.1) is 0 Å². The van der Waals surface area contributed by atoms with Crippen molar-refractivity contribution in [2.75, 3.05) is 16.8 Å². The Morgan fingerprint density at radius 2 is 1.56 bits per heavy atom. The maximum Gasteiger partial charge on any atom is 0.269 e. The summed E-state index contributed by atoms with van der Waals surface area (Å²) in [7, 11) is 0. The number of para-hydroxylation sites is 1. The summed E-state index contributed by atoms with van der Waals surface area (Å²) in [6, 6.07) is 23.6. The van der Waals surface area contributed by atoms with Crippen molar-refractivity contribution in [3.05, 3.63) is 90.5 Å². The highest BCUT2D eigenvalue weighted by atomic mass is 32.1. The molecule has 202 valence electrons. The molecule has 0 aliphatic carbocycles. The third-order valence-electron chi connectivity index (χ3n) is 6.27. The Morgan fingerprint density at radius 3 is 2.23 bits per heavy atom. The van der Waals surface area contributed by atoms with Gasteiger partial charge in [-0.2, -0.15) is 0 Å². The van der Waals surface area contributed by atoms with E-state index >= 15 is 0 Å². The molecule has 3 aromatic rings. The fourth-order valence-corrected chi connectivity index (χ4v) is 4.59. The van der Waals surface area contributed by atoms with Gasteiger partial charge in [-0.3, -0.25) is 24.7 Å². The number of amides is 3. The average Bonchev–Trinajstić information content (AvgIpc) is 3.18. The molecule has 1 unspecified atom stereocenters. The molecule has 0 saturated carbocycles. The van der Waals surface area contributed by atoms with E-state index in [1.165, 1.54) is 22.8 Å². The Kier molecular flexibility index (Phi) is 9.64. The SMILES string of the molecule is CCCCCCOc1ccc(NC(=O)CC2C(=O)N(c3ccccc3)C(=S)N2NC(=O)c2ccccc2)cc1. The zero-order valence-electron chi connectivity index (χ0n) is 21.8. The molecule has 4 rings (SSSR count). The molecule has 1 aliphatic heterocycles. The molecule has 1 heterocycles. The van der Waals surface area contributed by atoms with E-state index in [9.17, 15) is 14.4 Å². The van der Waals surface area contributed by atoms with Crippen LogP contribution in [0.3, 0.4) is 0 Å². The minimum Gasteiger partial charge on any atom is -0.494 e. The van der Waals surface area contributed by atoms with Crippen LogP contribution in [-0.2, 0) is 9.59 Å². The highest BCUT2D eigenvalue weighted by Crippen LogP contribution is 2.26. The molecule has 2 N–H and O–H groups in total. The number of nitrogens with zero attached hydrogens (tertiary/aromatic N) is 2. The normalized spacial score (nSPS) is 14.8. The Labute approximate surface area is 233 Å². The minimum atomic E-state index is -1.02. The fraction of sp³-hybridized carbons (Fsp3) is 0.267. The monoisotopic (exact) mass is 544 g/mol. The third kappa shape index (κ3) is 7.20. The lowest BCUT2D eigenvalue weighted by atomic mass is 10.1. The molecule has 0 aromatic heterocycles. The number of anilines is 2. The minimum absolute atomic E-state index is 0.0914. The first kappa shape index (κ1) is 27.8. The van der Waals surface area contributed by atoms with Crippen molar-refractivity contribution >= 4 is 46.4 Å². The smallest absolute Gasteiger partial charge is 0.269 e. The van der Waals surface area contributed by atoms with Crippen molar-refractivity contribution in [1.29, 1.82) is 0 Å². The van der Waals surface area contributed by atoms with E-state index in [4.69, 9.17) is 17.0 Å². The van der Waals surface area contributed by atoms with E-state index in [-0.39, 0.29) is 11.5 Å². The number of benzene rings is 3. The Morgan fingerprint density at radius 1 is 0.897 bits per heavy atom. The van der Waals surface area contributed by atoms with Crippen LogP contribution in [-0.4, -0.2) is 40.5 Å². The number of hydrazine groups is 1. The van der Waals surface area contributed by atoms with Crippen LogP contribution >= 0.6 is 12.2 Å². The maximum absolute atomic E-state index is 13.5. The summed E-state index contributed by atoms with van der Waals surface area (Å²) in [6.07, 6.45) is 4.29. The number of ether oxygens (including phenoxy) is 1. The molecule has 9 heteroatoms. The van der Waals surface area contributed by atoms with E-state index in [2.05, 4.69) is 17.7 Å². The molecule has 1 aliphatic rings. The number of carbonyl (C=O) groups is 3. The Bertz CT molecular complexity index is 1290. The fourth-order valence-electron chi connectivity index (χ4n) is 4.22. The lowest BCUT2D eigenvalue weighted by molar-refractivity contribution is -0.124. The van der Waals surface area contributed by atoms with Gasteiger partial charge in [0.05, 0.1) is 18.7 Å². The van der Waals surface area contributed by atoms with E-state index in [1.807, 2.05) is 6.07 Å². The zero-order valence-corrected chi connectivity index (χ0v) is 22.7. The van der Waals surface area contributed by atoms with Crippen molar-refractivity contribution in [2.45, 2.75) is 45.1 Å². The van der Waals surface area contributed by atoms with Crippen LogP contribution in [0.5, 0.6) is 5.75 Å². The summed E-state index contributed by atoms with van der Waals surface area (Å²) in [6.45, 7) is 2.82. The summed E-state index contributed by atoms with van der Waals surface area (Å²) in [4.78, 5) is 40.8. The number of unbranched alkanes of at least 4 members (excludes halogenated alkanes) is 3. The number of thiocarbonyl (C=S) groups is 1. The van der Waals surface area contributed by atoms with Crippen molar-refractivity contribution in [3.8, 4) is 5.75 Å². The highest BCUT2D eigenvalue weighted by Gasteiger charge is 2.45. The van der Waals surface area contributed by atoms with Gasteiger partial charge < -0.3 is 10.1 Å². The summed E-state index contributed by atoms with van der Waals surface area (Å²) in [5.41, 5.74) is 4.26. The number of rotatable bonds is 12. The predicted molar refractivity (Wildman–Crippen MR) is 155 cm³/mol. The van der Waals surface area contributed by atoms with Crippen LogP contribution in [0.4, 0.5) is 11.4 Å². The molecule has 3 amide bonds. The van der Waals surface area contributed by atoms with Gasteiger partial charge in [-0.1, -0.05) is 62.6 Å². The molecular weight excluding hydrogens is 512 g/mol. The molecular formula is C30H32N4O4S. The molecule has 0 spiro atoms. The zero-order chi connectivity index (χ0) is 27.6. The molecule has 0 bridgehead atoms. The predicted octanol–water partition coefficient (Wildman–Crippen LogP) is 5.32. The van der Waals surface area contributed by atoms with Crippen LogP contribution in [0.25, 0.3) is 0 Å². The van der Waals surface area contributed by atoms with Gasteiger partial charge in [-0.05, 0) is 67.2 Å². The van der Waals surface area contributed by atoms with Crippen LogP contribution in [0.15, 0.2) is 84.9 Å². The van der Waals surface area contributed by atoms with Gasteiger partial charge in [0.2, 0.25) is 11.0 Å². The lowest BCUT2D eigenvalue weighted by Crippen LogP contribution is -2.49. The van der Waals surface area contributed by atoms with Gasteiger partial charge >= 0.3 is 0 Å². The molecule has 1 saturated heterocycles. The van der Waals surface area contributed by atoms with E-state index in [1.54, 1.807) is 78.9 Å². The molecule has 1 fully saturated rings. The topological polar surface area (TPSA) is 91.0 Å². The van der Waals surface area contributed by atoms with Crippen molar-refractivity contribution < 1.29 is 19.1 Å². The number of hydrogen-bond acceptors (Lipinski definition) is 5. The maximum atomic E-state index is 13.5. The molecule has 39 heavy (non-hydrogen) atoms. The number of hydrogen-bond donors (Lipinski definition) is 2. The first-order valence-corrected chi connectivity index (χ1v) is 13.5.